The molecule has 1 saturated carbocycles. The van der Waals surface area contributed by atoms with Gasteiger partial charge in [0.2, 0.25) is 0 Å². The van der Waals surface area contributed by atoms with Gasteiger partial charge in [-0.25, -0.2) is 4.98 Å². The van der Waals surface area contributed by atoms with E-state index in [0.717, 1.165) is 24.3 Å². The van der Waals surface area contributed by atoms with Crippen LogP contribution in [0.1, 0.15) is 47.6 Å². The Morgan fingerprint density at radius 2 is 2.17 bits per heavy atom. The molecule has 0 atom stereocenters. The number of carbonyl (C=O) groups excluding carboxylic acids is 1. The van der Waals surface area contributed by atoms with Gasteiger partial charge in [0, 0.05) is 17.8 Å². The molecule has 1 aromatic heterocycles. The molecule has 102 valence electrons. The summed E-state index contributed by atoms with van der Waals surface area (Å²) >= 11 is 1.51. The molecule has 2 rings (SSSR count). The summed E-state index contributed by atoms with van der Waals surface area (Å²) in [6.45, 7) is 0.581. The minimum atomic E-state index is -0.0311. The number of aromatic nitrogens is 1. The number of hydrogen-bond acceptors (Lipinski definition) is 4. The maximum absolute atomic E-state index is 11.9. The van der Waals surface area contributed by atoms with E-state index in [4.69, 9.17) is 5.73 Å². The molecule has 3 N–H and O–H groups in total. The fraction of sp³-hybridized carbons (Fsp3) is 0.667. The zero-order chi connectivity index (χ0) is 12.1. The van der Waals surface area contributed by atoms with E-state index < -0.39 is 0 Å². The molecule has 1 heterocycles. The Kier molecular flexibility index (Phi) is 6.60. The van der Waals surface area contributed by atoms with Crippen molar-refractivity contribution in [1.29, 1.82) is 0 Å². The standard InChI is InChI=1S/C12H19N3OS.ClH/c13-7-6-11-15-10(8-17-11)12(16)14-9-4-2-1-3-5-9;/h8-9H,1-7,13H2,(H,14,16);1H. The number of thiazole rings is 1. The summed E-state index contributed by atoms with van der Waals surface area (Å²) in [4.78, 5) is 16.2. The van der Waals surface area contributed by atoms with Gasteiger partial charge in [0.1, 0.15) is 5.69 Å². The lowest BCUT2D eigenvalue weighted by atomic mass is 9.95. The molecule has 0 bridgehead atoms. The van der Waals surface area contributed by atoms with Crippen LogP contribution in [0, 0.1) is 0 Å². The Balaban J connectivity index is 0.00000162. The minimum absolute atomic E-state index is 0. The van der Waals surface area contributed by atoms with Gasteiger partial charge in [-0.05, 0) is 19.4 Å². The normalized spacial score (nSPS) is 16.1. The molecule has 1 amide bonds. The highest BCUT2D eigenvalue weighted by Gasteiger charge is 2.18. The number of nitrogens with two attached hydrogens (primary N) is 1. The molecule has 1 aromatic rings. The van der Waals surface area contributed by atoms with Gasteiger partial charge >= 0.3 is 0 Å². The van der Waals surface area contributed by atoms with Crippen molar-refractivity contribution in [3.8, 4) is 0 Å². The Labute approximate surface area is 118 Å². The predicted octanol–water partition coefficient (Wildman–Crippen LogP) is 2.13. The predicted molar refractivity (Wildman–Crippen MR) is 76.5 cm³/mol. The van der Waals surface area contributed by atoms with E-state index in [1.54, 1.807) is 0 Å². The van der Waals surface area contributed by atoms with Gasteiger partial charge in [-0.15, -0.1) is 23.7 Å². The van der Waals surface area contributed by atoms with Gasteiger partial charge in [0.05, 0.1) is 5.01 Å². The third-order valence-corrected chi connectivity index (χ3v) is 3.99. The number of rotatable bonds is 4. The van der Waals surface area contributed by atoms with Gasteiger partial charge in [-0.2, -0.15) is 0 Å². The second-order valence-corrected chi connectivity index (χ2v) is 5.42. The second-order valence-electron chi connectivity index (χ2n) is 4.47. The Morgan fingerprint density at radius 3 is 2.83 bits per heavy atom. The summed E-state index contributed by atoms with van der Waals surface area (Å²) in [6.07, 6.45) is 6.70. The van der Waals surface area contributed by atoms with Crippen LogP contribution in [-0.4, -0.2) is 23.5 Å². The van der Waals surface area contributed by atoms with Crippen molar-refractivity contribution >= 4 is 29.7 Å². The van der Waals surface area contributed by atoms with Gasteiger partial charge in [-0.3, -0.25) is 4.79 Å². The van der Waals surface area contributed by atoms with Crippen molar-refractivity contribution in [3.05, 3.63) is 16.1 Å². The number of amides is 1. The largest absolute Gasteiger partial charge is 0.348 e. The first-order valence-electron chi connectivity index (χ1n) is 6.25. The van der Waals surface area contributed by atoms with Crippen molar-refractivity contribution in [2.45, 2.75) is 44.6 Å². The Bertz CT molecular complexity index is 377. The molecule has 6 heteroatoms. The molecule has 1 aliphatic rings. The lowest BCUT2D eigenvalue weighted by Crippen LogP contribution is -2.36. The van der Waals surface area contributed by atoms with Crippen LogP contribution in [0.25, 0.3) is 0 Å². The van der Waals surface area contributed by atoms with Crippen molar-refractivity contribution in [1.82, 2.24) is 10.3 Å². The van der Waals surface area contributed by atoms with E-state index in [9.17, 15) is 4.79 Å². The van der Waals surface area contributed by atoms with Crippen molar-refractivity contribution in [2.24, 2.45) is 5.73 Å². The number of halogens is 1. The maximum Gasteiger partial charge on any atom is 0.270 e. The lowest BCUT2D eigenvalue weighted by molar-refractivity contribution is 0.0923. The van der Waals surface area contributed by atoms with Crippen LogP contribution in [-0.2, 0) is 6.42 Å². The van der Waals surface area contributed by atoms with E-state index in [2.05, 4.69) is 10.3 Å². The van der Waals surface area contributed by atoms with Gasteiger partial charge in [0.25, 0.3) is 5.91 Å². The monoisotopic (exact) mass is 289 g/mol. The molecule has 18 heavy (non-hydrogen) atoms. The van der Waals surface area contributed by atoms with Gasteiger partial charge in [0.15, 0.2) is 0 Å². The first kappa shape index (κ1) is 15.4. The number of nitrogens with one attached hydrogen (secondary N) is 1. The summed E-state index contributed by atoms with van der Waals surface area (Å²) in [5.41, 5.74) is 6.01. The number of carbonyl (C=O) groups is 1. The smallest absolute Gasteiger partial charge is 0.270 e. The topological polar surface area (TPSA) is 68.0 Å². The van der Waals surface area contributed by atoms with Crippen LogP contribution >= 0.6 is 23.7 Å². The van der Waals surface area contributed by atoms with Crippen LogP contribution in [0.15, 0.2) is 5.38 Å². The van der Waals surface area contributed by atoms with E-state index in [0.29, 0.717) is 18.3 Å². The van der Waals surface area contributed by atoms with E-state index in [1.807, 2.05) is 5.38 Å². The van der Waals surface area contributed by atoms with E-state index in [-0.39, 0.29) is 18.3 Å². The van der Waals surface area contributed by atoms with Crippen LogP contribution in [0.4, 0.5) is 0 Å². The number of hydrogen-bond donors (Lipinski definition) is 2. The van der Waals surface area contributed by atoms with E-state index >= 15 is 0 Å². The fourth-order valence-electron chi connectivity index (χ4n) is 2.16. The Morgan fingerprint density at radius 1 is 1.44 bits per heavy atom. The molecule has 0 aliphatic heterocycles. The fourth-order valence-corrected chi connectivity index (χ4v) is 2.95. The van der Waals surface area contributed by atoms with Crippen LogP contribution < -0.4 is 11.1 Å². The quantitative estimate of drug-likeness (QED) is 0.892. The molecule has 0 spiro atoms. The highest BCUT2D eigenvalue weighted by Crippen LogP contribution is 2.18. The molecular weight excluding hydrogens is 270 g/mol. The molecular formula is C12H20ClN3OS. The van der Waals surface area contributed by atoms with Crippen molar-refractivity contribution in [2.75, 3.05) is 6.54 Å². The van der Waals surface area contributed by atoms with Crippen LogP contribution in [0.2, 0.25) is 0 Å². The summed E-state index contributed by atoms with van der Waals surface area (Å²) in [5.74, 6) is -0.0311. The first-order chi connectivity index (χ1) is 8.29. The molecule has 0 aromatic carbocycles. The second kappa shape index (κ2) is 7.71. The molecule has 0 saturated heterocycles. The zero-order valence-corrected chi connectivity index (χ0v) is 12.0. The SMILES string of the molecule is Cl.NCCc1nc(C(=O)NC2CCCCC2)cs1. The third-order valence-electron chi connectivity index (χ3n) is 3.08. The summed E-state index contributed by atoms with van der Waals surface area (Å²) in [5, 5.41) is 5.83. The molecule has 0 unspecified atom stereocenters. The Hall–Kier alpha value is -0.650. The van der Waals surface area contributed by atoms with Gasteiger partial charge in [-0.1, -0.05) is 19.3 Å². The van der Waals surface area contributed by atoms with Gasteiger partial charge < -0.3 is 11.1 Å². The van der Waals surface area contributed by atoms with Crippen LogP contribution in [0.3, 0.4) is 0 Å². The van der Waals surface area contributed by atoms with Crippen molar-refractivity contribution in [3.63, 3.8) is 0 Å². The van der Waals surface area contributed by atoms with Crippen LogP contribution in [0.5, 0.6) is 0 Å². The number of nitrogens with zero attached hydrogens (tertiary/aromatic N) is 1. The van der Waals surface area contributed by atoms with E-state index in [1.165, 1.54) is 30.6 Å². The maximum atomic E-state index is 11.9. The summed E-state index contributed by atoms with van der Waals surface area (Å²) in [7, 11) is 0. The average molecular weight is 290 g/mol. The first-order valence-corrected chi connectivity index (χ1v) is 7.13. The lowest BCUT2D eigenvalue weighted by Gasteiger charge is -2.22. The molecule has 1 aliphatic carbocycles. The van der Waals surface area contributed by atoms with Crippen molar-refractivity contribution < 1.29 is 4.79 Å². The highest BCUT2D eigenvalue weighted by atomic mass is 35.5. The highest BCUT2D eigenvalue weighted by molar-refractivity contribution is 7.09. The molecule has 4 nitrogen and oxygen atoms in total. The average Bonchev–Trinajstić information content (AvgIpc) is 2.79. The summed E-state index contributed by atoms with van der Waals surface area (Å²) in [6, 6.07) is 0.343. The molecule has 1 fully saturated rings. The zero-order valence-electron chi connectivity index (χ0n) is 10.4. The molecule has 0 radical (unpaired) electrons. The summed E-state index contributed by atoms with van der Waals surface area (Å²) < 4.78 is 0. The third kappa shape index (κ3) is 4.23. The minimum Gasteiger partial charge on any atom is -0.348 e.